The summed E-state index contributed by atoms with van der Waals surface area (Å²) in [4.78, 5) is 27.3. The first-order valence-electron chi connectivity index (χ1n) is 10.6. The maximum absolute atomic E-state index is 13.4. The lowest BCUT2D eigenvalue weighted by Crippen LogP contribution is -2.29. The number of carbonyl (C=O) groups excluding carboxylic acids is 2. The van der Waals surface area contributed by atoms with Crippen LogP contribution in [0.2, 0.25) is 5.02 Å². The van der Waals surface area contributed by atoms with Crippen LogP contribution >= 0.6 is 11.6 Å². The van der Waals surface area contributed by atoms with Crippen molar-refractivity contribution in [3.63, 3.8) is 0 Å². The van der Waals surface area contributed by atoms with Crippen molar-refractivity contribution in [2.45, 2.75) is 19.1 Å². The molecule has 0 saturated carbocycles. The smallest absolute Gasteiger partial charge is 0.416 e. The third-order valence-corrected chi connectivity index (χ3v) is 6.01. The number of methoxy groups -OCH3 is 1. The van der Waals surface area contributed by atoms with Gasteiger partial charge in [-0.25, -0.2) is 0 Å². The second-order valence-corrected chi connectivity index (χ2v) is 8.55. The first-order chi connectivity index (χ1) is 16.9. The predicted molar refractivity (Wildman–Crippen MR) is 127 cm³/mol. The molecule has 10 heteroatoms. The number of rotatable bonds is 4. The van der Waals surface area contributed by atoms with E-state index in [1.807, 2.05) is 0 Å². The number of hydrogen-bond acceptors (Lipinski definition) is 5. The van der Waals surface area contributed by atoms with E-state index in [0.29, 0.717) is 5.56 Å². The Morgan fingerprint density at radius 3 is 2.39 bits per heavy atom. The van der Waals surface area contributed by atoms with Crippen LogP contribution < -0.4 is 9.64 Å². The number of aromatic hydroxyl groups is 1. The second kappa shape index (κ2) is 9.23. The minimum Gasteiger partial charge on any atom is -0.508 e. The third-order valence-electron chi connectivity index (χ3n) is 5.73. The molecule has 0 aliphatic carbocycles. The van der Waals surface area contributed by atoms with Gasteiger partial charge in [0.25, 0.3) is 11.7 Å². The molecule has 0 spiro atoms. The highest BCUT2D eigenvalue weighted by Gasteiger charge is 2.48. The Labute approximate surface area is 208 Å². The summed E-state index contributed by atoms with van der Waals surface area (Å²) in [7, 11) is 1.31. The number of Topliss-reactive ketones (excluding diaryl/α,β-unsaturated/α-hetero) is 1. The lowest BCUT2D eigenvalue weighted by Gasteiger charge is -2.26. The number of amides is 1. The fraction of sp³-hybridized carbons (Fsp3) is 0.154. The van der Waals surface area contributed by atoms with Crippen molar-refractivity contribution < 1.29 is 37.7 Å². The van der Waals surface area contributed by atoms with Crippen molar-refractivity contribution >= 4 is 34.7 Å². The first kappa shape index (κ1) is 25.1. The Morgan fingerprint density at radius 1 is 1.06 bits per heavy atom. The van der Waals surface area contributed by atoms with Crippen molar-refractivity contribution in [2.24, 2.45) is 0 Å². The Kier molecular flexibility index (Phi) is 6.44. The number of alkyl halides is 3. The fourth-order valence-electron chi connectivity index (χ4n) is 4.20. The molecule has 1 unspecified atom stereocenters. The summed E-state index contributed by atoms with van der Waals surface area (Å²) in [6, 6.07) is 11.2. The van der Waals surface area contributed by atoms with E-state index in [1.165, 1.54) is 43.5 Å². The Hall–Kier alpha value is -3.98. The largest absolute Gasteiger partial charge is 0.508 e. The van der Waals surface area contributed by atoms with E-state index in [1.54, 1.807) is 13.0 Å². The van der Waals surface area contributed by atoms with Gasteiger partial charge >= 0.3 is 6.18 Å². The van der Waals surface area contributed by atoms with Crippen LogP contribution in [0.15, 0.2) is 66.2 Å². The number of aliphatic hydroxyl groups is 1. The molecule has 1 amide bonds. The number of aryl methyl sites for hydroxylation is 1. The molecule has 0 radical (unpaired) electrons. The zero-order valence-electron chi connectivity index (χ0n) is 18.9. The molecular formula is C26H19ClF3NO5. The zero-order valence-corrected chi connectivity index (χ0v) is 19.7. The molecule has 6 nitrogen and oxygen atoms in total. The van der Waals surface area contributed by atoms with E-state index in [0.717, 1.165) is 23.1 Å². The van der Waals surface area contributed by atoms with Gasteiger partial charge in [0.2, 0.25) is 0 Å². The quantitative estimate of drug-likeness (QED) is 0.251. The van der Waals surface area contributed by atoms with Gasteiger partial charge in [-0.15, -0.1) is 0 Å². The van der Waals surface area contributed by atoms with Gasteiger partial charge in [-0.05, 0) is 60.5 Å². The SMILES string of the molecule is COc1c(Cl)cc(C)cc1/C(O)=C1\C(=O)C(=O)N(c2cccc(C(F)(F)F)c2)C1c1cccc(O)c1. The zero-order chi connectivity index (χ0) is 26.4. The van der Waals surface area contributed by atoms with E-state index >= 15 is 0 Å². The number of hydrogen-bond donors (Lipinski definition) is 2. The summed E-state index contributed by atoms with van der Waals surface area (Å²) in [5, 5.41) is 21.5. The van der Waals surface area contributed by atoms with E-state index in [9.17, 15) is 33.0 Å². The van der Waals surface area contributed by atoms with Crippen LogP contribution in [0.3, 0.4) is 0 Å². The van der Waals surface area contributed by atoms with Crippen LogP contribution in [0, 0.1) is 6.92 Å². The monoisotopic (exact) mass is 517 g/mol. The highest BCUT2D eigenvalue weighted by molar-refractivity contribution is 6.51. The minimum absolute atomic E-state index is 0.0229. The second-order valence-electron chi connectivity index (χ2n) is 8.14. The summed E-state index contributed by atoms with van der Waals surface area (Å²) in [5.41, 5.74) is -0.816. The Morgan fingerprint density at radius 2 is 1.75 bits per heavy atom. The maximum atomic E-state index is 13.4. The van der Waals surface area contributed by atoms with Crippen LogP contribution in [0.4, 0.5) is 18.9 Å². The lowest BCUT2D eigenvalue weighted by atomic mass is 9.94. The van der Waals surface area contributed by atoms with Gasteiger partial charge in [-0.1, -0.05) is 29.8 Å². The number of benzene rings is 3. The van der Waals surface area contributed by atoms with Crippen LogP contribution in [-0.2, 0) is 15.8 Å². The number of nitrogens with zero attached hydrogens (tertiary/aromatic N) is 1. The minimum atomic E-state index is -4.70. The number of phenolic OH excluding ortho intramolecular Hbond substituents is 1. The van der Waals surface area contributed by atoms with Crippen molar-refractivity contribution in [3.8, 4) is 11.5 Å². The average molecular weight is 518 g/mol. The first-order valence-corrected chi connectivity index (χ1v) is 10.9. The highest BCUT2D eigenvalue weighted by atomic mass is 35.5. The Bertz CT molecular complexity index is 1420. The van der Waals surface area contributed by atoms with Crippen LogP contribution in [0.5, 0.6) is 11.5 Å². The third kappa shape index (κ3) is 4.37. The van der Waals surface area contributed by atoms with Gasteiger partial charge in [0.15, 0.2) is 0 Å². The number of ether oxygens (including phenoxy) is 1. The van der Waals surface area contributed by atoms with Gasteiger partial charge in [-0.3, -0.25) is 14.5 Å². The molecule has 4 rings (SSSR count). The topological polar surface area (TPSA) is 87.1 Å². The molecule has 0 bridgehead atoms. The molecule has 1 saturated heterocycles. The molecule has 1 fully saturated rings. The van der Waals surface area contributed by atoms with E-state index < -0.39 is 40.8 Å². The summed E-state index contributed by atoms with van der Waals surface area (Å²) in [5.74, 6) is -3.07. The number of ketones is 1. The number of anilines is 1. The van der Waals surface area contributed by atoms with E-state index in [-0.39, 0.29) is 33.3 Å². The van der Waals surface area contributed by atoms with Gasteiger partial charge in [0.05, 0.1) is 34.9 Å². The van der Waals surface area contributed by atoms with Gasteiger partial charge in [0.1, 0.15) is 17.3 Å². The molecule has 3 aromatic rings. The summed E-state index contributed by atoms with van der Waals surface area (Å²) < 4.78 is 45.5. The molecule has 186 valence electrons. The van der Waals surface area contributed by atoms with Gasteiger partial charge < -0.3 is 14.9 Å². The van der Waals surface area contributed by atoms with Gasteiger partial charge in [0, 0.05) is 5.69 Å². The fourth-order valence-corrected chi connectivity index (χ4v) is 4.55. The molecule has 1 heterocycles. The van der Waals surface area contributed by atoms with Crippen molar-refractivity contribution in [2.75, 3.05) is 12.0 Å². The van der Waals surface area contributed by atoms with E-state index in [4.69, 9.17) is 16.3 Å². The number of carbonyl (C=O) groups is 2. The standard InChI is InChI=1S/C26H19ClF3NO5/c1-13-9-18(24(36-2)19(27)10-13)22(33)20-21(14-5-3-8-17(32)11-14)31(25(35)23(20)34)16-7-4-6-15(12-16)26(28,29)30/h3-12,21,32-33H,1-2H3/b22-20+. The predicted octanol–water partition coefficient (Wildman–Crippen LogP) is 6.01. The molecule has 36 heavy (non-hydrogen) atoms. The number of phenols is 1. The normalized spacial score (nSPS) is 17.5. The van der Waals surface area contributed by atoms with Crippen LogP contribution in [0.25, 0.3) is 5.76 Å². The number of halogens is 4. The van der Waals surface area contributed by atoms with Crippen molar-refractivity contribution in [1.29, 1.82) is 0 Å². The highest BCUT2D eigenvalue weighted by Crippen LogP contribution is 2.45. The molecule has 1 aliphatic rings. The lowest BCUT2D eigenvalue weighted by molar-refractivity contribution is -0.137. The molecule has 0 aromatic heterocycles. The summed E-state index contributed by atoms with van der Waals surface area (Å²) in [6.07, 6.45) is -4.70. The molecule has 2 N–H and O–H groups in total. The van der Waals surface area contributed by atoms with Crippen LogP contribution in [0.1, 0.15) is 28.3 Å². The van der Waals surface area contributed by atoms with Gasteiger partial charge in [-0.2, -0.15) is 13.2 Å². The molecule has 1 aliphatic heterocycles. The summed E-state index contributed by atoms with van der Waals surface area (Å²) >= 11 is 6.25. The van der Waals surface area contributed by atoms with Crippen molar-refractivity contribution in [1.82, 2.24) is 0 Å². The van der Waals surface area contributed by atoms with E-state index in [2.05, 4.69) is 0 Å². The molecular weight excluding hydrogens is 499 g/mol. The maximum Gasteiger partial charge on any atom is 0.416 e. The van der Waals surface area contributed by atoms with Crippen molar-refractivity contribution in [3.05, 3.63) is 93.5 Å². The molecule has 1 atom stereocenters. The molecule has 3 aromatic carbocycles. The number of aliphatic hydroxyl groups excluding tert-OH is 1. The summed E-state index contributed by atoms with van der Waals surface area (Å²) in [6.45, 7) is 1.69. The Balaban J connectivity index is 2.02. The average Bonchev–Trinajstić information content (AvgIpc) is 3.08. The van der Waals surface area contributed by atoms with Crippen LogP contribution in [-0.4, -0.2) is 29.0 Å².